The second-order valence-corrected chi connectivity index (χ2v) is 6.81. The minimum Gasteiger partial charge on any atom is -0.495 e. The molecule has 0 unspecified atom stereocenters. The van der Waals surface area contributed by atoms with Gasteiger partial charge in [-0.05, 0) is 37.1 Å². The van der Waals surface area contributed by atoms with E-state index in [2.05, 4.69) is 4.98 Å². The Bertz CT molecular complexity index is 1310. The van der Waals surface area contributed by atoms with Crippen molar-refractivity contribution in [2.24, 2.45) is 0 Å². The van der Waals surface area contributed by atoms with E-state index in [0.717, 1.165) is 11.1 Å². The van der Waals surface area contributed by atoms with Crippen molar-refractivity contribution in [2.45, 2.75) is 26.9 Å². The third-order valence-electron chi connectivity index (χ3n) is 5.14. The monoisotopic (exact) mass is 390 g/mol. The number of aryl methyl sites for hydroxylation is 1. The van der Waals surface area contributed by atoms with Crippen molar-refractivity contribution in [3.8, 4) is 11.4 Å². The molecule has 0 N–H and O–H groups in total. The van der Waals surface area contributed by atoms with E-state index in [1.807, 2.05) is 43.3 Å². The molecule has 29 heavy (non-hydrogen) atoms. The molecule has 0 spiro atoms. The van der Waals surface area contributed by atoms with Crippen molar-refractivity contribution in [3.05, 3.63) is 86.8 Å². The summed E-state index contributed by atoms with van der Waals surface area (Å²) in [5.74, 6) is 0.533. The molecule has 2 heterocycles. The van der Waals surface area contributed by atoms with Gasteiger partial charge in [0.25, 0.3) is 5.56 Å². The van der Waals surface area contributed by atoms with Crippen molar-refractivity contribution < 1.29 is 4.74 Å². The lowest BCUT2D eigenvalue weighted by Gasteiger charge is -2.14. The van der Waals surface area contributed by atoms with Crippen LogP contribution >= 0.6 is 0 Å². The van der Waals surface area contributed by atoms with Crippen LogP contribution in [0.2, 0.25) is 0 Å². The Kier molecular flexibility index (Phi) is 4.80. The predicted molar refractivity (Wildman–Crippen MR) is 112 cm³/mol. The molecule has 0 radical (unpaired) electrons. The Labute approximate surface area is 167 Å². The van der Waals surface area contributed by atoms with E-state index in [1.54, 1.807) is 37.1 Å². The van der Waals surface area contributed by atoms with Crippen molar-refractivity contribution >= 4 is 11.2 Å². The highest BCUT2D eigenvalue weighted by molar-refractivity contribution is 5.73. The molecule has 148 valence electrons. The van der Waals surface area contributed by atoms with E-state index in [-0.39, 0.29) is 12.1 Å². The molecule has 4 rings (SSSR count). The fourth-order valence-electron chi connectivity index (χ4n) is 3.58. The molecule has 2 aromatic heterocycles. The number of methoxy groups -OCH3 is 1. The molecule has 0 aliphatic carbocycles. The Morgan fingerprint density at radius 2 is 1.76 bits per heavy atom. The SMILES string of the molecule is CCn1c(=O)c2c(ncn2Cc2ccccc2C)n(-c2ccccc2OC)c1=O. The first-order valence-electron chi connectivity index (χ1n) is 9.45. The van der Waals surface area contributed by atoms with Crippen LogP contribution in [0.5, 0.6) is 5.75 Å². The number of aromatic nitrogens is 4. The Balaban J connectivity index is 2.04. The summed E-state index contributed by atoms with van der Waals surface area (Å²) in [5.41, 5.74) is 2.70. The molecule has 0 atom stereocenters. The van der Waals surface area contributed by atoms with Crippen molar-refractivity contribution in [1.29, 1.82) is 0 Å². The lowest BCUT2D eigenvalue weighted by molar-refractivity contribution is 0.412. The van der Waals surface area contributed by atoms with Gasteiger partial charge in [-0.25, -0.2) is 14.3 Å². The summed E-state index contributed by atoms with van der Waals surface area (Å²) in [4.78, 5) is 30.7. The van der Waals surface area contributed by atoms with Crippen molar-refractivity contribution in [3.63, 3.8) is 0 Å². The largest absolute Gasteiger partial charge is 0.495 e. The summed E-state index contributed by atoms with van der Waals surface area (Å²) >= 11 is 0. The molecule has 0 bridgehead atoms. The number of hydrogen-bond donors (Lipinski definition) is 0. The van der Waals surface area contributed by atoms with Crippen molar-refractivity contribution in [2.75, 3.05) is 7.11 Å². The zero-order valence-electron chi connectivity index (χ0n) is 16.6. The lowest BCUT2D eigenvalue weighted by atomic mass is 10.1. The number of nitrogens with zero attached hydrogens (tertiary/aromatic N) is 4. The van der Waals surface area contributed by atoms with Crippen LogP contribution in [0.4, 0.5) is 0 Å². The summed E-state index contributed by atoms with van der Waals surface area (Å²) in [6.07, 6.45) is 1.61. The minimum absolute atomic E-state index is 0.262. The summed E-state index contributed by atoms with van der Waals surface area (Å²) in [6, 6.07) is 15.2. The first-order chi connectivity index (χ1) is 14.1. The second-order valence-electron chi connectivity index (χ2n) is 6.81. The molecule has 0 aliphatic heterocycles. The van der Waals surface area contributed by atoms with Crippen LogP contribution in [-0.2, 0) is 13.1 Å². The number of benzene rings is 2. The molecular formula is C22H22N4O3. The molecule has 0 saturated heterocycles. The standard InChI is InChI=1S/C22H22N4O3/c1-4-25-21(27)19-20(23-14-24(19)13-16-10-6-5-9-15(16)2)26(22(25)28)17-11-7-8-12-18(17)29-3/h5-12,14H,4,13H2,1-3H3. The average Bonchev–Trinajstić information content (AvgIpc) is 3.14. The van der Waals surface area contributed by atoms with Crippen LogP contribution < -0.4 is 16.0 Å². The number of para-hydroxylation sites is 2. The van der Waals surface area contributed by atoms with Gasteiger partial charge in [0.15, 0.2) is 11.2 Å². The number of ether oxygens (including phenoxy) is 1. The number of fused-ring (bicyclic) bond motifs is 1. The summed E-state index contributed by atoms with van der Waals surface area (Å²) in [6.45, 7) is 4.57. The van der Waals surface area contributed by atoms with E-state index in [1.165, 1.54) is 9.13 Å². The van der Waals surface area contributed by atoms with Crippen molar-refractivity contribution in [1.82, 2.24) is 18.7 Å². The first kappa shape index (κ1) is 18.7. The maximum absolute atomic E-state index is 13.1. The zero-order chi connectivity index (χ0) is 20.5. The van der Waals surface area contributed by atoms with Crippen LogP contribution in [0, 0.1) is 6.92 Å². The molecule has 2 aromatic carbocycles. The highest BCUT2D eigenvalue weighted by atomic mass is 16.5. The first-order valence-corrected chi connectivity index (χ1v) is 9.45. The van der Waals surface area contributed by atoms with E-state index in [4.69, 9.17) is 4.74 Å². The number of hydrogen-bond acceptors (Lipinski definition) is 4. The van der Waals surface area contributed by atoms with Gasteiger partial charge in [0.05, 0.1) is 19.1 Å². The lowest BCUT2D eigenvalue weighted by Crippen LogP contribution is -2.39. The average molecular weight is 390 g/mol. The summed E-state index contributed by atoms with van der Waals surface area (Å²) in [5, 5.41) is 0. The number of rotatable bonds is 5. The molecular weight excluding hydrogens is 368 g/mol. The fraction of sp³-hybridized carbons (Fsp3) is 0.227. The highest BCUT2D eigenvalue weighted by Crippen LogP contribution is 2.23. The van der Waals surface area contributed by atoms with Crippen LogP contribution in [0.15, 0.2) is 64.4 Å². The summed E-state index contributed by atoms with van der Waals surface area (Å²) < 4.78 is 9.93. The molecule has 7 nitrogen and oxygen atoms in total. The van der Waals surface area contributed by atoms with Crippen LogP contribution in [-0.4, -0.2) is 25.8 Å². The van der Waals surface area contributed by atoms with Gasteiger partial charge in [0, 0.05) is 13.1 Å². The maximum Gasteiger partial charge on any atom is 0.337 e. The van der Waals surface area contributed by atoms with Gasteiger partial charge in [-0.15, -0.1) is 0 Å². The molecule has 7 heteroatoms. The van der Waals surface area contributed by atoms with Gasteiger partial charge in [0.2, 0.25) is 0 Å². The molecule has 0 amide bonds. The Morgan fingerprint density at radius 1 is 1.03 bits per heavy atom. The molecule has 4 aromatic rings. The van der Waals surface area contributed by atoms with Crippen LogP contribution in [0.25, 0.3) is 16.9 Å². The van der Waals surface area contributed by atoms with Gasteiger partial charge in [-0.3, -0.25) is 9.36 Å². The third kappa shape index (κ3) is 3.04. The van der Waals surface area contributed by atoms with Gasteiger partial charge in [0.1, 0.15) is 5.75 Å². The van der Waals surface area contributed by atoms with E-state index >= 15 is 0 Å². The van der Waals surface area contributed by atoms with Crippen LogP contribution in [0.3, 0.4) is 0 Å². The predicted octanol–water partition coefficient (Wildman–Crippen LogP) is 2.73. The zero-order valence-corrected chi connectivity index (χ0v) is 16.6. The minimum atomic E-state index is -0.435. The Hall–Kier alpha value is -3.61. The van der Waals surface area contributed by atoms with Gasteiger partial charge >= 0.3 is 5.69 Å². The van der Waals surface area contributed by atoms with E-state index < -0.39 is 5.69 Å². The smallest absolute Gasteiger partial charge is 0.337 e. The van der Waals surface area contributed by atoms with Gasteiger partial charge in [-0.1, -0.05) is 36.4 Å². The molecule has 0 aliphatic rings. The quantitative estimate of drug-likeness (QED) is 0.525. The highest BCUT2D eigenvalue weighted by Gasteiger charge is 2.20. The fourth-order valence-corrected chi connectivity index (χ4v) is 3.58. The van der Waals surface area contributed by atoms with Gasteiger partial charge in [-0.2, -0.15) is 0 Å². The maximum atomic E-state index is 13.1. The van der Waals surface area contributed by atoms with Crippen LogP contribution in [0.1, 0.15) is 18.1 Å². The third-order valence-corrected chi connectivity index (χ3v) is 5.14. The second kappa shape index (κ2) is 7.43. The topological polar surface area (TPSA) is 71.1 Å². The van der Waals surface area contributed by atoms with Gasteiger partial charge < -0.3 is 9.30 Å². The number of imidazole rings is 1. The molecule has 0 fully saturated rings. The summed E-state index contributed by atoms with van der Waals surface area (Å²) in [7, 11) is 1.55. The normalized spacial score (nSPS) is 11.1. The Morgan fingerprint density at radius 3 is 2.48 bits per heavy atom. The van der Waals surface area contributed by atoms with E-state index in [9.17, 15) is 9.59 Å². The van der Waals surface area contributed by atoms with E-state index in [0.29, 0.717) is 29.1 Å². The molecule has 0 saturated carbocycles.